The monoisotopic (exact) mass is 496 g/mol. The number of carbonyl (C=O) groups excluding carboxylic acids is 3. The van der Waals surface area contributed by atoms with Crippen LogP contribution >= 0.6 is 0 Å². The van der Waals surface area contributed by atoms with Crippen LogP contribution < -0.4 is 14.2 Å². The van der Waals surface area contributed by atoms with Crippen molar-refractivity contribution in [3.63, 3.8) is 0 Å². The van der Waals surface area contributed by atoms with Crippen LogP contribution in [0.2, 0.25) is 0 Å². The Balaban J connectivity index is 2.24. The van der Waals surface area contributed by atoms with Gasteiger partial charge in [0.25, 0.3) is 11.8 Å². The minimum atomic E-state index is -0.821. The SMILES string of the molecule is CCOC(=O)CN1C(=O)C(C(C)C)N(C(=O)c2ccccc2)C=C1c1cc(OC)c(OC)c(OC)c1. The number of nitrogens with zero attached hydrogens (tertiary/aromatic N) is 2. The zero-order valence-corrected chi connectivity index (χ0v) is 21.4. The molecule has 0 fully saturated rings. The number of ether oxygens (including phenoxy) is 4. The molecule has 0 N–H and O–H groups in total. The van der Waals surface area contributed by atoms with Crippen LogP contribution in [0.3, 0.4) is 0 Å². The lowest BCUT2D eigenvalue weighted by Gasteiger charge is -2.41. The summed E-state index contributed by atoms with van der Waals surface area (Å²) >= 11 is 0. The van der Waals surface area contributed by atoms with Crippen LogP contribution in [0.5, 0.6) is 17.2 Å². The molecule has 1 heterocycles. The van der Waals surface area contributed by atoms with E-state index in [1.165, 1.54) is 31.1 Å². The summed E-state index contributed by atoms with van der Waals surface area (Å²) in [7, 11) is 4.46. The van der Waals surface area contributed by atoms with Gasteiger partial charge in [0.2, 0.25) is 5.75 Å². The third kappa shape index (κ3) is 5.30. The number of hydrogen-bond acceptors (Lipinski definition) is 7. The molecule has 192 valence electrons. The van der Waals surface area contributed by atoms with Gasteiger partial charge in [-0.05, 0) is 37.1 Å². The maximum Gasteiger partial charge on any atom is 0.326 e. The summed E-state index contributed by atoms with van der Waals surface area (Å²) in [6.45, 7) is 5.27. The number of esters is 1. The van der Waals surface area contributed by atoms with E-state index >= 15 is 0 Å². The van der Waals surface area contributed by atoms with Crippen LogP contribution in [0.4, 0.5) is 0 Å². The normalized spacial score (nSPS) is 15.5. The lowest BCUT2D eigenvalue weighted by molar-refractivity contribution is -0.148. The summed E-state index contributed by atoms with van der Waals surface area (Å²) in [6, 6.07) is 11.2. The number of rotatable bonds is 9. The summed E-state index contributed by atoms with van der Waals surface area (Å²) in [6.07, 6.45) is 1.60. The Morgan fingerprint density at radius 2 is 1.58 bits per heavy atom. The Morgan fingerprint density at radius 3 is 2.08 bits per heavy atom. The zero-order valence-electron chi connectivity index (χ0n) is 21.4. The molecule has 36 heavy (non-hydrogen) atoms. The van der Waals surface area contributed by atoms with Gasteiger partial charge in [0, 0.05) is 17.3 Å². The predicted molar refractivity (Wildman–Crippen MR) is 134 cm³/mol. The first kappa shape index (κ1) is 26.6. The van der Waals surface area contributed by atoms with Gasteiger partial charge < -0.3 is 23.8 Å². The molecule has 2 aromatic rings. The Bertz CT molecular complexity index is 1120. The van der Waals surface area contributed by atoms with Gasteiger partial charge in [-0.25, -0.2) is 0 Å². The number of amides is 2. The first-order valence-corrected chi connectivity index (χ1v) is 11.6. The molecule has 0 saturated heterocycles. The van der Waals surface area contributed by atoms with Crippen LogP contribution in [0.1, 0.15) is 36.7 Å². The lowest BCUT2D eigenvalue weighted by Crippen LogP contribution is -2.55. The third-order valence-corrected chi connectivity index (χ3v) is 5.81. The highest BCUT2D eigenvalue weighted by Gasteiger charge is 2.41. The van der Waals surface area contributed by atoms with E-state index in [2.05, 4.69) is 0 Å². The van der Waals surface area contributed by atoms with Crippen molar-refractivity contribution in [3.8, 4) is 17.2 Å². The second kappa shape index (κ2) is 11.6. The molecule has 0 saturated carbocycles. The molecule has 9 heteroatoms. The fourth-order valence-electron chi connectivity index (χ4n) is 4.16. The van der Waals surface area contributed by atoms with E-state index in [-0.39, 0.29) is 25.0 Å². The van der Waals surface area contributed by atoms with Crippen LogP contribution in [-0.2, 0) is 14.3 Å². The predicted octanol–water partition coefficient (Wildman–Crippen LogP) is 3.58. The fraction of sp³-hybridized carbons (Fsp3) is 0.370. The summed E-state index contributed by atoms with van der Waals surface area (Å²) in [4.78, 5) is 42.7. The highest BCUT2D eigenvalue weighted by molar-refractivity contribution is 6.03. The van der Waals surface area contributed by atoms with Crippen molar-refractivity contribution >= 4 is 23.5 Å². The molecule has 1 aliphatic rings. The Labute approximate surface area is 211 Å². The molecule has 0 bridgehead atoms. The van der Waals surface area contributed by atoms with E-state index in [1.54, 1.807) is 49.5 Å². The van der Waals surface area contributed by atoms with Gasteiger partial charge in [-0.15, -0.1) is 0 Å². The second-order valence-corrected chi connectivity index (χ2v) is 8.43. The first-order chi connectivity index (χ1) is 17.3. The van der Waals surface area contributed by atoms with Gasteiger partial charge in [0.15, 0.2) is 11.5 Å². The molecule has 1 unspecified atom stereocenters. The highest BCUT2D eigenvalue weighted by Crippen LogP contribution is 2.42. The van der Waals surface area contributed by atoms with Crippen LogP contribution in [0.25, 0.3) is 5.70 Å². The summed E-state index contributed by atoms with van der Waals surface area (Å²) < 4.78 is 21.5. The summed E-state index contributed by atoms with van der Waals surface area (Å²) in [5, 5.41) is 0. The number of benzene rings is 2. The van der Waals surface area contributed by atoms with Crippen molar-refractivity contribution in [2.45, 2.75) is 26.8 Å². The Kier molecular flexibility index (Phi) is 8.58. The highest BCUT2D eigenvalue weighted by atomic mass is 16.5. The maximum atomic E-state index is 13.9. The van der Waals surface area contributed by atoms with E-state index < -0.39 is 17.9 Å². The van der Waals surface area contributed by atoms with Crippen molar-refractivity contribution in [2.75, 3.05) is 34.5 Å². The van der Waals surface area contributed by atoms with Crippen LogP contribution in [-0.4, -0.2) is 68.1 Å². The van der Waals surface area contributed by atoms with Gasteiger partial charge in [-0.1, -0.05) is 32.0 Å². The van der Waals surface area contributed by atoms with E-state index in [4.69, 9.17) is 18.9 Å². The van der Waals surface area contributed by atoms with Gasteiger partial charge in [0.05, 0.1) is 33.6 Å². The molecule has 0 aromatic heterocycles. The number of hydrogen-bond donors (Lipinski definition) is 0. The van der Waals surface area contributed by atoms with E-state index in [0.29, 0.717) is 34.1 Å². The standard InChI is InChI=1S/C27H32N2O7/c1-7-36-23(30)16-28-20(19-13-21(33-4)25(35-6)22(14-19)34-5)15-29(24(17(2)3)27(28)32)26(31)18-11-9-8-10-12-18/h8-15,17,24H,7,16H2,1-6H3. The molecule has 1 atom stereocenters. The summed E-state index contributed by atoms with van der Waals surface area (Å²) in [5.41, 5.74) is 1.26. The second-order valence-electron chi connectivity index (χ2n) is 8.43. The maximum absolute atomic E-state index is 13.9. The average molecular weight is 497 g/mol. The zero-order chi connectivity index (χ0) is 26.4. The number of carbonyl (C=O) groups is 3. The van der Waals surface area contributed by atoms with E-state index in [9.17, 15) is 14.4 Å². The van der Waals surface area contributed by atoms with E-state index in [0.717, 1.165) is 0 Å². The van der Waals surface area contributed by atoms with Crippen LogP contribution in [0, 0.1) is 5.92 Å². The molecule has 9 nitrogen and oxygen atoms in total. The van der Waals surface area contributed by atoms with Crippen molar-refractivity contribution in [1.29, 1.82) is 0 Å². The average Bonchev–Trinajstić information content (AvgIpc) is 2.88. The lowest BCUT2D eigenvalue weighted by atomic mass is 9.96. The van der Waals surface area contributed by atoms with Crippen molar-refractivity contribution < 1.29 is 33.3 Å². The number of methoxy groups -OCH3 is 3. The summed E-state index contributed by atoms with van der Waals surface area (Å²) in [5.74, 6) is -0.411. The Hall–Kier alpha value is -4.01. The van der Waals surface area contributed by atoms with E-state index in [1.807, 2.05) is 19.9 Å². The molecule has 0 spiro atoms. The molecule has 0 radical (unpaired) electrons. The molecule has 2 amide bonds. The smallest absolute Gasteiger partial charge is 0.326 e. The molecular formula is C27H32N2O7. The van der Waals surface area contributed by atoms with Crippen molar-refractivity contribution in [3.05, 3.63) is 59.8 Å². The largest absolute Gasteiger partial charge is 0.493 e. The third-order valence-electron chi connectivity index (χ3n) is 5.81. The molecule has 0 aliphatic carbocycles. The van der Waals surface area contributed by atoms with Gasteiger partial charge >= 0.3 is 5.97 Å². The minimum absolute atomic E-state index is 0.177. The molecular weight excluding hydrogens is 464 g/mol. The first-order valence-electron chi connectivity index (χ1n) is 11.6. The van der Waals surface area contributed by atoms with Gasteiger partial charge in [-0.2, -0.15) is 0 Å². The van der Waals surface area contributed by atoms with Gasteiger partial charge in [0.1, 0.15) is 12.6 Å². The molecule has 3 rings (SSSR count). The Morgan fingerprint density at radius 1 is 0.972 bits per heavy atom. The van der Waals surface area contributed by atoms with Gasteiger partial charge in [-0.3, -0.25) is 19.3 Å². The molecule has 1 aliphatic heterocycles. The minimum Gasteiger partial charge on any atom is -0.493 e. The van der Waals surface area contributed by atoms with Crippen molar-refractivity contribution in [2.24, 2.45) is 5.92 Å². The topological polar surface area (TPSA) is 94.6 Å². The quantitative estimate of drug-likeness (QED) is 0.490. The molecule has 2 aromatic carbocycles. The fourth-order valence-corrected chi connectivity index (χ4v) is 4.16. The van der Waals surface area contributed by atoms with Crippen molar-refractivity contribution in [1.82, 2.24) is 9.80 Å². The van der Waals surface area contributed by atoms with Crippen LogP contribution in [0.15, 0.2) is 48.7 Å².